The summed E-state index contributed by atoms with van der Waals surface area (Å²) in [6.45, 7) is 4.41. The van der Waals surface area contributed by atoms with Crippen LogP contribution in [0.2, 0.25) is 0 Å². The molecule has 24 heavy (non-hydrogen) atoms. The lowest BCUT2D eigenvalue weighted by Gasteiger charge is -2.16. The van der Waals surface area contributed by atoms with Gasteiger partial charge in [0.1, 0.15) is 18.1 Å². The highest BCUT2D eigenvalue weighted by Gasteiger charge is 2.14. The van der Waals surface area contributed by atoms with E-state index >= 15 is 0 Å². The summed E-state index contributed by atoms with van der Waals surface area (Å²) < 4.78 is 10.8. The van der Waals surface area contributed by atoms with Crippen LogP contribution in [0.15, 0.2) is 53.4 Å². The highest BCUT2D eigenvalue weighted by Crippen LogP contribution is 2.22. The standard InChI is InChI=1S/C19H23NO3S/c1-4-24-18-8-6-5-7-17(18)19(21)20-14(2)13-23-16-11-9-15(22-3)10-12-16/h5-12,14H,4,13H2,1-3H3,(H,20,21)/t14-/m0/s1. The Hall–Kier alpha value is -2.14. The number of thioether (sulfide) groups is 1. The lowest BCUT2D eigenvalue weighted by molar-refractivity contribution is 0.0923. The van der Waals surface area contributed by atoms with Crippen LogP contribution in [0.1, 0.15) is 24.2 Å². The number of hydrogen-bond donors (Lipinski definition) is 1. The molecule has 0 saturated carbocycles. The average Bonchev–Trinajstić information content (AvgIpc) is 2.61. The number of benzene rings is 2. The summed E-state index contributed by atoms with van der Waals surface area (Å²) in [7, 11) is 1.63. The van der Waals surface area contributed by atoms with Crippen LogP contribution in [-0.4, -0.2) is 31.4 Å². The number of ether oxygens (including phenoxy) is 2. The minimum absolute atomic E-state index is 0.0719. The van der Waals surface area contributed by atoms with Gasteiger partial charge in [-0.3, -0.25) is 4.79 Å². The fourth-order valence-electron chi connectivity index (χ4n) is 2.17. The van der Waals surface area contributed by atoms with Gasteiger partial charge in [-0.2, -0.15) is 0 Å². The molecule has 0 aliphatic carbocycles. The topological polar surface area (TPSA) is 47.6 Å². The van der Waals surface area contributed by atoms with Gasteiger partial charge in [0.15, 0.2) is 0 Å². The van der Waals surface area contributed by atoms with E-state index in [0.717, 1.165) is 22.1 Å². The van der Waals surface area contributed by atoms with Crippen molar-refractivity contribution in [2.45, 2.75) is 24.8 Å². The number of methoxy groups -OCH3 is 1. The molecule has 0 radical (unpaired) electrons. The molecule has 0 saturated heterocycles. The Morgan fingerprint density at radius 3 is 2.46 bits per heavy atom. The van der Waals surface area contributed by atoms with Crippen LogP contribution in [0.5, 0.6) is 11.5 Å². The second-order valence-electron chi connectivity index (χ2n) is 5.29. The molecule has 5 heteroatoms. The lowest BCUT2D eigenvalue weighted by atomic mass is 10.2. The molecular weight excluding hydrogens is 322 g/mol. The maximum absolute atomic E-state index is 12.4. The predicted octanol–water partition coefficient (Wildman–Crippen LogP) is 4.00. The van der Waals surface area contributed by atoms with Gasteiger partial charge >= 0.3 is 0 Å². The third kappa shape index (κ3) is 5.20. The van der Waals surface area contributed by atoms with E-state index in [9.17, 15) is 4.79 Å². The number of carbonyl (C=O) groups is 1. The molecule has 0 heterocycles. The molecule has 0 spiro atoms. The maximum Gasteiger partial charge on any atom is 0.252 e. The zero-order valence-electron chi connectivity index (χ0n) is 14.2. The number of amides is 1. The molecule has 0 bridgehead atoms. The number of rotatable bonds is 8. The van der Waals surface area contributed by atoms with Gasteiger partial charge in [0, 0.05) is 4.90 Å². The van der Waals surface area contributed by atoms with Crippen LogP contribution >= 0.6 is 11.8 Å². The van der Waals surface area contributed by atoms with Gasteiger partial charge in [-0.25, -0.2) is 0 Å². The van der Waals surface area contributed by atoms with E-state index in [1.807, 2.05) is 55.5 Å². The van der Waals surface area contributed by atoms with Crippen LogP contribution in [-0.2, 0) is 0 Å². The van der Waals surface area contributed by atoms with Gasteiger partial charge in [-0.15, -0.1) is 11.8 Å². The van der Waals surface area contributed by atoms with Gasteiger partial charge in [0.2, 0.25) is 0 Å². The van der Waals surface area contributed by atoms with Crippen molar-refractivity contribution in [3.8, 4) is 11.5 Å². The Morgan fingerprint density at radius 1 is 1.12 bits per heavy atom. The monoisotopic (exact) mass is 345 g/mol. The van der Waals surface area contributed by atoms with Gasteiger partial charge in [-0.1, -0.05) is 19.1 Å². The molecule has 0 aromatic heterocycles. The van der Waals surface area contributed by atoms with Crippen molar-refractivity contribution >= 4 is 17.7 Å². The highest BCUT2D eigenvalue weighted by molar-refractivity contribution is 7.99. The molecule has 2 aromatic rings. The van der Waals surface area contributed by atoms with Crippen LogP contribution in [0.4, 0.5) is 0 Å². The van der Waals surface area contributed by atoms with E-state index in [1.165, 1.54) is 0 Å². The van der Waals surface area contributed by atoms with E-state index < -0.39 is 0 Å². The average molecular weight is 345 g/mol. The van der Waals surface area contributed by atoms with Crippen LogP contribution in [0.3, 0.4) is 0 Å². The Bertz CT molecular complexity index is 658. The first-order valence-corrected chi connectivity index (χ1v) is 8.92. The molecular formula is C19H23NO3S. The van der Waals surface area contributed by atoms with Gasteiger partial charge in [0.05, 0.1) is 18.7 Å². The molecule has 2 aromatic carbocycles. The van der Waals surface area contributed by atoms with Gasteiger partial charge in [-0.05, 0) is 49.1 Å². The largest absolute Gasteiger partial charge is 0.497 e. The fourth-order valence-corrected chi connectivity index (χ4v) is 2.97. The summed E-state index contributed by atoms with van der Waals surface area (Å²) in [5, 5.41) is 2.99. The molecule has 2 rings (SSSR count). The van der Waals surface area contributed by atoms with Crippen molar-refractivity contribution in [1.29, 1.82) is 0 Å². The van der Waals surface area contributed by atoms with Gasteiger partial charge < -0.3 is 14.8 Å². The van der Waals surface area contributed by atoms with Crippen molar-refractivity contribution in [1.82, 2.24) is 5.32 Å². The molecule has 0 aliphatic heterocycles. The minimum Gasteiger partial charge on any atom is -0.497 e. The Kier molecular flexibility index (Phi) is 7.00. The maximum atomic E-state index is 12.4. The van der Waals surface area contributed by atoms with E-state index in [2.05, 4.69) is 12.2 Å². The van der Waals surface area contributed by atoms with Crippen LogP contribution in [0, 0.1) is 0 Å². The summed E-state index contributed by atoms with van der Waals surface area (Å²) in [5.74, 6) is 2.39. The third-order valence-electron chi connectivity index (χ3n) is 3.37. The molecule has 128 valence electrons. The third-order valence-corrected chi connectivity index (χ3v) is 4.32. The molecule has 1 atom stereocenters. The van der Waals surface area contributed by atoms with Crippen molar-refractivity contribution in [3.05, 3.63) is 54.1 Å². The summed E-state index contributed by atoms with van der Waals surface area (Å²) in [5.41, 5.74) is 0.709. The highest BCUT2D eigenvalue weighted by atomic mass is 32.2. The molecule has 0 fully saturated rings. The summed E-state index contributed by atoms with van der Waals surface area (Å²) in [6, 6.07) is 14.9. The van der Waals surface area contributed by atoms with E-state index in [-0.39, 0.29) is 11.9 Å². The predicted molar refractivity (Wildman–Crippen MR) is 98.3 cm³/mol. The Morgan fingerprint density at radius 2 is 1.79 bits per heavy atom. The molecule has 1 amide bonds. The van der Waals surface area contributed by atoms with E-state index in [1.54, 1.807) is 18.9 Å². The van der Waals surface area contributed by atoms with Crippen molar-refractivity contribution in [3.63, 3.8) is 0 Å². The fraction of sp³-hybridized carbons (Fsp3) is 0.316. The SMILES string of the molecule is CCSc1ccccc1C(=O)N[C@@H](C)COc1ccc(OC)cc1. The van der Waals surface area contributed by atoms with Crippen molar-refractivity contribution in [2.24, 2.45) is 0 Å². The normalized spacial score (nSPS) is 11.6. The first kappa shape index (κ1) is 18.2. The summed E-state index contributed by atoms with van der Waals surface area (Å²) >= 11 is 1.67. The minimum atomic E-state index is -0.0979. The Labute approximate surface area is 147 Å². The van der Waals surface area contributed by atoms with Crippen molar-refractivity contribution in [2.75, 3.05) is 19.5 Å². The molecule has 4 nitrogen and oxygen atoms in total. The lowest BCUT2D eigenvalue weighted by Crippen LogP contribution is -2.37. The zero-order valence-corrected chi connectivity index (χ0v) is 15.1. The van der Waals surface area contributed by atoms with Crippen LogP contribution in [0.25, 0.3) is 0 Å². The second kappa shape index (κ2) is 9.23. The first-order valence-electron chi connectivity index (χ1n) is 7.93. The van der Waals surface area contributed by atoms with Crippen LogP contribution < -0.4 is 14.8 Å². The zero-order chi connectivity index (χ0) is 17.4. The first-order chi connectivity index (χ1) is 11.6. The second-order valence-corrected chi connectivity index (χ2v) is 6.60. The summed E-state index contributed by atoms with van der Waals surface area (Å²) in [4.78, 5) is 13.4. The van der Waals surface area contributed by atoms with Gasteiger partial charge in [0.25, 0.3) is 5.91 Å². The number of nitrogens with one attached hydrogen (secondary N) is 1. The summed E-state index contributed by atoms with van der Waals surface area (Å²) in [6.07, 6.45) is 0. The Balaban J connectivity index is 1.89. The van der Waals surface area contributed by atoms with Crippen molar-refractivity contribution < 1.29 is 14.3 Å². The smallest absolute Gasteiger partial charge is 0.252 e. The molecule has 1 N–H and O–H groups in total. The number of hydrogen-bond acceptors (Lipinski definition) is 4. The van der Waals surface area contributed by atoms with E-state index in [0.29, 0.717) is 12.2 Å². The van der Waals surface area contributed by atoms with E-state index in [4.69, 9.17) is 9.47 Å². The molecule has 0 unspecified atom stereocenters. The molecule has 0 aliphatic rings. The number of carbonyl (C=O) groups excluding carboxylic acids is 1. The quantitative estimate of drug-likeness (QED) is 0.735.